The van der Waals surface area contributed by atoms with Gasteiger partial charge in [-0.15, -0.1) is 0 Å². The van der Waals surface area contributed by atoms with Gasteiger partial charge in [0, 0.05) is 0 Å². The molecular weight excluding hydrogens is 436 g/mol. The van der Waals surface area contributed by atoms with E-state index < -0.39 is 81.1 Å². The predicted molar refractivity (Wildman–Crippen MR) is 112 cm³/mol. The van der Waals surface area contributed by atoms with Crippen LogP contribution in [-0.4, -0.2) is 84.9 Å². The Bertz CT molecular complexity index is 1180. The molecule has 1 saturated carbocycles. The number of likely N-dealkylation sites (N-methyl/N-ethyl adjacent to an activating group) is 1. The molecule has 1 aromatic rings. The molecule has 11 heteroatoms. The molecule has 0 aliphatic heterocycles. The lowest BCUT2D eigenvalue weighted by atomic mass is 9.53. The number of aliphatic hydroxyl groups excluding tert-OH is 3. The molecule has 1 fully saturated rings. The van der Waals surface area contributed by atoms with Gasteiger partial charge >= 0.3 is 0 Å². The smallest absolute Gasteiger partial charge is 0.255 e. The van der Waals surface area contributed by atoms with Crippen LogP contribution in [0.2, 0.25) is 0 Å². The van der Waals surface area contributed by atoms with Crippen molar-refractivity contribution >= 4 is 23.2 Å². The van der Waals surface area contributed by atoms with Crippen LogP contribution in [0.4, 0.5) is 0 Å². The number of phenols is 1. The summed E-state index contributed by atoms with van der Waals surface area (Å²) >= 11 is 0. The van der Waals surface area contributed by atoms with Crippen molar-refractivity contribution in [3.8, 4) is 5.75 Å². The van der Waals surface area contributed by atoms with E-state index in [2.05, 4.69) is 0 Å². The standard InChI is InChI=1S/C22H24N2O9/c1-21(32)7-5-4-6-8(25)9(7)15(26)10-12(21)17(28)13-14(24(2)3)16(27)11(20(23)31)19(30)22(13,33)18(10)29/h4-6,12-14,17,25-26,28,30,32-33H,1-3H3,(H2,23,31)/t12-,13?,14+,17+,21-,22+/m1/s1. The van der Waals surface area contributed by atoms with Crippen LogP contribution in [0.15, 0.2) is 35.1 Å². The number of nitrogens with zero attached hydrogens (tertiary/aromatic N) is 1. The zero-order valence-corrected chi connectivity index (χ0v) is 18.0. The third kappa shape index (κ3) is 2.61. The van der Waals surface area contributed by atoms with Gasteiger partial charge in [-0.1, -0.05) is 12.1 Å². The Morgan fingerprint density at radius 1 is 1.12 bits per heavy atom. The summed E-state index contributed by atoms with van der Waals surface area (Å²) in [6, 6.07) is 2.50. The van der Waals surface area contributed by atoms with E-state index in [4.69, 9.17) is 5.73 Å². The molecule has 0 spiro atoms. The molecule has 0 aromatic heterocycles. The Morgan fingerprint density at radius 2 is 1.73 bits per heavy atom. The van der Waals surface area contributed by atoms with E-state index in [-0.39, 0.29) is 11.1 Å². The lowest BCUT2D eigenvalue weighted by molar-refractivity contribution is -0.181. The zero-order valence-electron chi connectivity index (χ0n) is 18.0. The van der Waals surface area contributed by atoms with Gasteiger partial charge in [0.15, 0.2) is 11.4 Å². The summed E-state index contributed by atoms with van der Waals surface area (Å²) in [7, 11) is 2.80. The van der Waals surface area contributed by atoms with E-state index in [9.17, 15) is 45.0 Å². The van der Waals surface area contributed by atoms with Gasteiger partial charge in [0.2, 0.25) is 5.78 Å². The predicted octanol–water partition coefficient (Wildman–Crippen LogP) is -1.40. The van der Waals surface area contributed by atoms with Crippen LogP contribution in [0.1, 0.15) is 18.1 Å². The maximum atomic E-state index is 13.7. The Balaban J connectivity index is 2.11. The van der Waals surface area contributed by atoms with Crippen LogP contribution in [0.5, 0.6) is 5.75 Å². The second-order valence-corrected chi connectivity index (χ2v) is 9.06. The zero-order chi connectivity index (χ0) is 24.8. The van der Waals surface area contributed by atoms with Crippen molar-refractivity contribution in [3.63, 3.8) is 0 Å². The third-order valence-corrected chi connectivity index (χ3v) is 7.03. The van der Waals surface area contributed by atoms with E-state index in [1.807, 2.05) is 0 Å². The molecule has 0 heterocycles. The Labute approximate surface area is 187 Å². The Kier molecular flexibility index (Phi) is 4.78. The fourth-order valence-electron chi connectivity index (χ4n) is 5.60. The van der Waals surface area contributed by atoms with Gasteiger partial charge in [-0.2, -0.15) is 0 Å². The molecule has 0 saturated heterocycles. The van der Waals surface area contributed by atoms with Gasteiger partial charge in [0.05, 0.1) is 40.7 Å². The van der Waals surface area contributed by atoms with Crippen molar-refractivity contribution in [1.82, 2.24) is 4.90 Å². The first-order valence-electron chi connectivity index (χ1n) is 10.1. The summed E-state index contributed by atoms with van der Waals surface area (Å²) < 4.78 is 0. The maximum Gasteiger partial charge on any atom is 0.255 e. The number of carbonyl (C=O) groups is 3. The number of amides is 1. The number of primary amides is 1. The topological polar surface area (TPSA) is 202 Å². The molecular formula is C22H24N2O9. The molecule has 11 nitrogen and oxygen atoms in total. The summed E-state index contributed by atoms with van der Waals surface area (Å²) in [5.41, 5.74) is -1.78. The molecule has 3 aliphatic carbocycles. The molecule has 0 radical (unpaired) electrons. The lowest BCUT2D eigenvalue weighted by Crippen LogP contribution is -2.71. The SMILES string of the molecule is CN(C)[C@@H]1C(=O)C(C(N)=O)=C(O)[C@@]2(O)C(=O)C3=C(O)c4c(O)cccc4[C@@](C)(O)[C@H]3[C@H](O)C12. The van der Waals surface area contributed by atoms with Crippen molar-refractivity contribution in [2.45, 2.75) is 30.3 Å². The molecule has 1 unspecified atom stereocenters. The number of aliphatic hydroxyl groups is 5. The minimum Gasteiger partial charge on any atom is -0.508 e. The average Bonchev–Trinajstić information content (AvgIpc) is 2.70. The summed E-state index contributed by atoms with van der Waals surface area (Å²) in [5, 5.41) is 66.3. The number of rotatable bonds is 2. The van der Waals surface area contributed by atoms with Crippen molar-refractivity contribution < 1.29 is 45.0 Å². The largest absolute Gasteiger partial charge is 0.508 e. The highest BCUT2D eigenvalue weighted by atomic mass is 16.4. The van der Waals surface area contributed by atoms with Crippen molar-refractivity contribution in [1.29, 1.82) is 0 Å². The number of Topliss-reactive ketones (excluding diaryl/α,β-unsaturated/α-hetero) is 2. The van der Waals surface area contributed by atoms with E-state index in [1.54, 1.807) is 0 Å². The van der Waals surface area contributed by atoms with Crippen LogP contribution in [0.3, 0.4) is 0 Å². The molecule has 8 N–H and O–H groups in total. The normalized spacial score (nSPS) is 36.0. The fourth-order valence-corrected chi connectivity index (χ4v) is 5.60. The highest BCUT2D eigenvalue weighted by Crippen LogP contribution is 2.57. The number of hydrogen-bond acceptors (Lipinski definition) is 10. The van der Waals surface area contributed by atoms with Gasteiger partial charge in [-0.25, -0.2) is 0 Å². The number of hydrogen-bond donors (Lipinski definition) is 7. The number of nitrogens with two attached hydrogens (primary N) is 1. The highest BCUT2D eigenvalue weighted by molar-refractivity contribution is 6.24. The van der Waals surface area contributed by atoms with Crippen molar-refractivity contribution in [3.05, 3.63) is 46.2 Å². The minimum atomic E-state index is -3.02. The first-order chi connectivity index (χ1) is 15.2. The number of aromatic hydroxyl groups is 1. The fraction of sp³-hybridized carbons (Fsp3) is 0.409. The summed E-state index contributed by atoms with van der Waals surface area (Å²) in [6.45, 7) is 1.25. The van der Waals surface area contributed by atoms with Crippen molar-refractivity contribution in [2.24, 2.45) is 17.6 Å². The molecule has 6 atom stereocenters. The number of phenolic OH excluding ortho intramolecular Hbond substituents is 1. The first kappa shape index (κ1) is 22.9. The summed E-state index contributed by atoms with van der Waals surface area (Å²) in [6.07, 6.45) is -1.87. The third-order valence-electron chi connectivity index (χ3n) is 7.03. The highest BCUT2D eigenvalue weighted by Gasteiger charge is 2.70. The molecule has 3 aliphatic rings. The van der Waals surface area contributed by atoms with Gasteiger partial charge in [-0.3, -0.25) is 19.3 Å². The summed E-state index contributed by atoms with van der Waals surface area (Å²) in [4.78, 5) is 39.9. The molecule has 33 heavy (non-hydrogen) atoms. The average molecular weight is 460 g/mol. The first-order valence-corrected chi connectivity index (χ1v) is 10.1. The lowest BCUT2D eigenvalue weighted by Gasteiger charge is -2.55. The minimum absolute atomic E-state index is 0.00664. The number of carbonyl (C=O) groups excluding carboxylic acids is 3. The quantitative estimate of drug-likeness (QED) is 0.257. The second kappa shape index (κ2) is 6.87. The molecule has 0 bridgehead atoms. The van der Waals surface area contributed by atoms with Gasteiger partial charge in [-0.05, 0) is 32.6 Å². The van der Waals surface area contributed by atoms with Crippen LogP contribution in [-0.2, 0) is 20.0 Å². The van der Waals surface area contributed by atoms with E-state index >= 15 is 0 Å². The van der Waals surface area contributed by atoms with Crippen LogP contribution >= 0.6 is 0 Å². The van der Waals surface area contributed by atoms with Crippen LogP contribution < -0.4 is 5.73 Å². The molecule has 4 rings (SSSR count). The van der Waals surface area contributed by atoms with Crippen molar-refractivity contribution in [2.75, 3.05) is 14.1 Å². The Hall–Kier alpha value is -3.25. The van der Waals surface area contributed by atoms with E-state index in [1.165, 1.54) is 44.1 Å². The second-order valence-electron chi connectivity index (χ2n) is 9.06. The van der Waals surface area contributed by atoms with Gasteiger partial charge in [0.1, 0.15) is 22.8 Å². The molecule has 1 amide bonds. The van der Waals surface area contributed by atoms with E-state index in [0.717, 1.165) is 0 Å². The monoisotopic (exact) mass is 460 g/mol. The molecule has 1 aromatic carbocycles. The summed E-state index contributed by atoms with van der Waals surface area (Å²) in [5.74, 6) is -9.67. The maximum absolute atomic E-state index is 13.7. The van der Waals surface area contributed by atoms with Crippen LogP contribution in [0, 0.1) is 11.8 Å². The van der Waals surface area contributed by atoms with E-state index in [0.29, 0.717) is 0 Å². The van der Waals surface area contributed by atoms with Gasteiger partial charge in [0.25, 0.3) is 5.91 Å². The Morgan fingerprint density at radius 3 is 2.27 bits per heavy atom. The van der Waals surface area contributed by atoms with Gasteiger partial charge < -0.3 is 36.4 Å². The molecule has 176 valence electrons. The van der Waals surface area contributed by atoms with Crippen LogP contribution in [0.25, 0.3) is 5.76 Å². The number of fused-ring (bicyclic) bond motifs is 3. The number of ketones is 2. The number of benzene rings is 1.